The predicted octanol–water partition coefficient (Wildman–Crippen LogP) is 2.76. The van der Waals surface area contributed by atoms with Crippen LogP contribution >= 0.6 is 0 Å². The predicted molar refractivity (Wildman–Crippen MR) is 102 cm³/mol. The lowest BCUT2D eigenvalue weighted by Crippen LogP contribution is -2.13. The summed E-state index contributed by atoms with van der Waals surface area (Å²) in [5.41, 5.74) is 18.1. The Labute approximate surface area is 151 Å². The summed E-state index contributed by atoms with van der Waals surface area (Å²) >= 11 is 0. The number of benzene rings is 1. The van der Waals surface area contributed by atoms with Gasteiger partial charge >= 0.3 is 0 Å². The molecule has 0 unspecified atom stereocenters. The number of Topliss-reactive ketones (excluding diaryl/α,β-unsaturated/α-hetero) is 1. The number of ketones is 1. The number of nitrogens with two attached hydrogens (primary N) is 2. The minimum absolute atomic E-state index is 0.203. The van der Waals surface area contributed by atoms with E-state index in [2.05, 4.69) is 14.5 Å². The fraction of sp³-hybridized carbons (Fsp3) is 0.250. The summed E-state index contributed by atoms with van der Waals surface area (Å²) in [4.78, 5) is 21.1. The molecule has 26 heavy (non-hydrogen) atoms. The van der Waals surface area contributed by atoms with Crippen LogP contribution in [0.4, 0.5) is 11.6 Å². The molecule has 0 aliphatic heterocycles. The quantitative estimate of drug-likeness (QED) is 0.710. The Kier molecular flexibility index (Phi) is 3.95. The summed E-state index contributed by atoms with van der Waals surface area (Å²) in [6.07, 6.45) is 4.64. The SMILES string of the molecule is Cn1c2c(c(Cc3cccc(N)c3)c1-c1ccnc(N)n1)C(=O)CCC2. The number of nitrogens with zero attached hydrogens (tertiary/aromatic N) is 3. The monoisotopic (exact) mass is 347 g/mol. The average Bonchev–Trinajstić information content (AvgIpc) is 2.88. The molecule has 4 rings (SSSR count). The van der Waals surface area contributed by atoms with Gasteiger partial charge in [0.2, 0.25) is 5.95 Å². The van der Waals surface area contributed by atoms with E-state index >= 15 is 0 Å². The standard InChI is InChI=1S/C20H21N5O/c1-25-16-6-3-7-17(26)18(16)14(11-12-4-2-5-13(21)10-12)19(25)15-8-9-23-20(22)24-15/h2,4-5,8-10H,3,6-7,11,21H2,1H3,(H2,22,23,24). The van der Waals surface area contributed by atoms with Gasteiger partial charge in [-0.15, -0.1) is 0 Å². The summed E-state index contributed by atoms with van der Waals surface area (Å²) in [7, 11) is 1.99. The van der Waals surface area contributed by atoms with E-state index in [0.29, 0.717) is 18.5 Å². The number of nitrogen functional groups attached to an aromatic ring is 2. The van der Waals surface area contributed by atoms with Gasteiger partial charge in [0.15, 0.2) is 5.78 Å². The third-order valence-corrected chi connectivity index (χ3v) is 4.96. The van der Waals surface area contributed by atoms with Crippen LogP contribution in [0, 0.1) is 0 Å². The highest BCUT2D eigenvalue weighted by atomic mass is 16.1. The summed E-state index contributed by atoms with van der Waals surface area (Å²) in [5, 5.41) is 0. The number of carbonyl (C=O) groups is 1. The van der Waals surface area contributed by atoms with Gasteiger partial charge in [-0.2, -0.15) is 0 Å². The van der Waals surface area contributed by atoms with Crippen molar-refractivity contribution in [2.75, 3.05) is 11.5 Å². The molecule has 0 atom stereocenters. The maximum absolute atomic E-state index is 12.7. The molecule has 0 bridgehead atoms. The second-order valence-corrected chi connectivity index (χ2v) is 6.71. The Bertz CT molecular complexity index is 1010. The molecule has 2 aromatic heterocycles. The zero-order valence-corrected chi connectivity index (χ0v) is 14.7. The molecule has 0 saturated carbocycles. The lowest BCUT2D eigenvalue weighted by Gasteiger charge is -2.13. The molecule has 0 spiro atoms. The molecule has 1 aromatic carbocycles. The highest BCUT2D eigenvalue weighted by Crippen LogP contribution is 2.36. The largest absolute Gasteiger partial charge is 0.399 e. The van der Waals surface area contributed by atoms with E-state index < -0.39 is 0 Å². The van der Waals surface area contributed by atoms with Crippen LogP contribution in [0.15, 0.2) is 36.5 Å². The van der Waals surface area contributed by atoms with Crippen molar-refractivity contribution >= 4 is 17.4 Å². The molecule has 3 aromatic rings. The summed E-state index contributed by atoms with van der Waals surface area (Å²) < 4.78 is 2.09. The number of aromatic nitrogens is 3. The number of carbonyl (C=O) groups excluding carboxylic acids is 1. The lowest BCUT2D eigenvalue weighted by molar-refractivity contribution is 0.0971. The summed E-state index contributed by atoms with van der Waals surface area (Å²) in [6, 6.07) is 9.61. The second-order valence-electron chi connectivity index (χ2n) is 6.71. The minimum atomic E-state index is 0.203. The highest BCUT2D eigenvalue weighted by Gasteiger charge is 2.29. The van der Waals surface area contributed by atoms with Gasteiger partial charge in [-0.05, 0) is 42.2 Å². The van der Waals surface area contributed by atoms with Gasteiger partial charge < -0.3 is 16.0 Å². The van der Waals surface area contributed by atoms with Crippen LogP contribution in [0.5, 0.6) is 0 Å². The normalized spacial score (nSPS) is 13.7. The van der Waals surface area contributed by atoms with Crippen molar-refractivity contribution in [2.24, 2.45) is 7.05 Å². The molecule has 4 N–H and O–H groups in total. The number of fused-ring (bicyclic) bond motifs is 1. The zero-order valence-electron chi connectivity index (χ0n) is 14.7. The molecule has 0 saturated heterocycles. The number of anilines is 2. The first-order chi connectivity index (χ1) is 12.5. The summed E-state index contributed by atoms with van der Waals surface area (Å²) in [5.74, 6) is 0.428. The van der Waals surface area contributed by atoms with E-state index in [-0.39, 0.29) is 11.7 Å². The summed E-state index contributed by atoms with van der Waals surface area (Å²) in [6.45, 7) is 0. The lowest BCUT2D eigenvalue weighted by atomic mass is 9.90. The van der Waals surface area contributed by atoms with E-state index in [1.807, 2.05) is 37.4 Å². The van der Waals surface area contributed by atoms with Gasteiger partial charge in [0.05, 0.1) is 11.4 Å². The zero-order chi connectivity index (χ0) is 18.3. The Morgan fingerprint density at radius 3 is 2.81 bits per heavy atom. The van der Waals surface area contributed by atoms with Crippen molar-refractivity contribution in [3.05, 3.63) is 58.9 Å². The minimum Gasteiger partial charge on any atom is -0.399 e. The van der Waals surface area contributed by atoms with Crippen LogP contribution in [0.3, 0.4) is 0 Å². The molecule has 2 heterocycles. The van der Waals surface area contributed by atoms with Gasteiger partial charge in [0.25, 0.3) is 0 Å². The van der Waals surface area contributed by atoms with E-state index in [4.69, 9.17) is 11.5 Å². The fourth-order valence-corrected chi connectivity index (χ4v) is 3.87. The van der Waals surface area contributed by atoms with Gasteiger partial charge in [-0.3, -0.25) is 4.79 Å². The van der Waals surface area contributed by atoms with Crippen LogP contribution in [0.25, 0.3) is 11.4 Å². The van der Waals surface area contributed by atoms with Crippen molar-refractivity contribution in [1.29, 1.82) is 0 Å². The highest BCUT2D eigenvalue weighted by molar-refractivity contribution is 6.01. The van der Waals surface area contributed by atoms with Crippen LogP contribution in [-0.4, -0.2) is 20.3 Å². The Morgan fingerprint density at radius 1 is 1.19 bits per heavy atom. The Balaban J connectivity index is 1.94. The number of hydrogen-bond donors (Lipinski definition) is 2. The molecule has 0 fully saturated rings. The molecule has 1 aliphatic carbocycles. The van der Waals surface area contributed by atoms with Crippen molar-refractivity contribution in [1.82, 2.24) is 14.5 Å². The average molecular weight is 347 g/mol. The third-order valence-electron chi connectivity index (χ3n) is 4.96. The van der Waals surface area contributed by atoms with Crippen LogP contribution in [0.2, 0.25) is 0 Å². The maximum atomic E-state index is 12.7. The maximum Gasteiger partial charge on any atom is 0.220 e. The molecule has 1 aliphatic rings. The van der Waals surface area contributed by atoms with Crippen LogP contribution in [0.1, 0.15) is 40.0 Å². The van der Waals surface area contributed by atoms with Crippen LogP contribution < -0.4 is 11.5 Å². The van der Waals surface area contributed by atoms with E-state index in [0.717, 1.165) is 46.6 Å². The van der Waals surface area contributed by atoms with E-state index in [9.17, 15) is 4.79 Å². The smallest absolute Gasteiger partial charge is 0.220 e. The molecular weight excluding hydrogens is 326 g/mol. The molecule has 0 radical (unpaired) electrons. The Hall–Kier alpha value is -3.15. The van der Waals surface area contributed by atoms with Crippen molar-refractivity contribution in [2.45, 2.75) is 25.7 Å². The second kappa shape index (κ2) is 6.29. The number of hydrogen-bond acceptors (Lipinski definition) is 5. The Morgan fingerprint density at radius 2 is 2.04 bits per heavy atom. The van der Waals surface area contributed by atoms with Gasteiger partial charge in [0, 0.05) is 43.0 Å². The van der Waals surface area contributed by atoms with E-state index in [1.54, 1.807) is 6.20 Å². The van der Waals surface area contributed by atoms with Crippen molar-refractivity contribution in [3.8, 4) is 11.4 Å². The molecule has 132 valence electrons. The topological polar surface area (TPSA) is 99.8 Å². The van der Waals surface area contributed by atoms with Gasteiger partial charge in [0.1, 0.15) is 0 Å². The molecule has 6 nitrogen and oxygen atoms in total. The van der Waals surface area contributed by atoms with Crippen molar-refractivity contribution < 1.29 is 4.79 Å². The molecule has 6 heteroatoms. The first kappa shape index (κ1) is 16.3. The molecule has 0 amide bonds. The van der Waals surface area contributed by atoms with Crippen molar-refractivity contribution in [3.63, 3.8) is 0 Å². The number of rotatable bonds is 3. The van der Waals surface area contributed by atoms with Gasteiger partial charge in [-0.25, -0.2) is 9.97 Å². The first-order valence-corrected chi connectivity index (χ1v) is 8.71. The van der Waals surface area contributed by atoms with E-state index in [1.165, 1.54) is 0 Å². The van der Waals surface area contributed by atoms with Gasteiger partial charge in [-0.1, -0.05) is 12.1 Å². The first-order valence-electron chi connectivity index (χ1n) is 8.71. The molecular formula is C20H21N5O. The third kappa shape index (κ3) is 2.73. The fourth-order valence-electron chi connectivity index (χ4n) is 3.87. The van der Waals surface area contributed by atoms with Crippen LogP contribution in [-0.2, 0) is 19.9 Å².